The van der Waals surface area contributed by atoms with Crippen molar-refractivity contribution in [2.75, 3.05) is 19.6 Å². The molecule has 1 aromatic heterocycles. The van der Waals surface area contributed by atoms with Crippen LogP contribution in [0.25, 0.3) is 11.5 Å². The predicted molar refractivity (Wildman–Crippen MR) is 98.4 cm³/mol. The number of aryl methyl sites for hydroxylation is 1. The first-order valence-corrected chi connectivity index (χ1v) is 9.07. The molecule has 3 rings (SSSR count). The molecule has 0 unspecified atom stereocenters. The molecule has 5 nitrogen and oxygen atoms in total. The van der Waals surface area contributed by atoms with E-state index in [0.717, 1.165) is 49.6 Å². The van der Waals surface area contributed by atoms with Crippen molar-refractivity contribution >= 4 is 17.5 Å². The summed E-state index contributed by atoms with van der Waals surface area (Å²) in [6.45, 7) is 8.96. The molecule has 1 atom stereocenters. The summed E-state index contributed by atoms with van der Waals surface area (Å²) in [5.74, 6) is 1.58. The Balaban J connectivity index is 1.69. The van der Waals surface area contributed by atoms with Gasteiger partial charge in [-0.15, -0.1) is 0 Å². The topological polar surface area (TPSA) is 49.6 Å². The predicted octanol–water partition coefficient (Wildman–Crippen LogP) is 3.75. The number of aromatic nitrogens is 1. The largest absolute Gasteiger partial charge is 0.441 e. The number of hydrogen-bond donors (Lipinski definition) is 0. The maximum absolute atomic E-state index is 11.7. The quantitative estimate of drug-likeness (QED) is 0.813. The number of benzene rings is 1. The van der Waals surface area contributed by atoms with Gasteiger partial charge in [0.1, 0.15) is 5.76 Å². The van der Waals surface area contributed by atoms with Crippen molar-refractivity contribution in [3.8, 4) is 11.5 Å². The first kappa shape index (κ1) is 18.0. The summed E-state index contributed by atoms with van der Waals surface area (Å²) in [7, 11) is 0. The fraction of sp³-hybridized carbons (Fsp3) is 0.474. The molecule has 2 aromatic rings. The van der Waals surface area contributed by atoms with E-state index in [1.807, 2.05) is 43.0 Å². The molecule has 0 saturated carbocycles. The molecule has 1 aliphatic heterocycles. The van der Waals surface area contributed by atoms with Gasteiger partial charge in [0.15, 0.2) is 0 Å². The molecule has 1 aliphatic rings. The van der Waals surface area contributed by atoms with Crippen LogP contribution in [0.15, 0.2) is 28.7 Å². The molecule has 0 N–H and O–H groups in total. The highest BCUT2D eigenvalue weighted by Gasteiger charge is 2.29. The van der Waals surface area contributed by atoms with E-state index in [2.05, 4.69) is 9.88 Å². The Kier molecular flexibility index (Phi) is 5.45. The summed E-state index contributed by atoms with van der Waals surface area (Å²) in [5.41, 5.74) is 1.83. The van der Waals surface area contributed by atoms with Gasteiger partial charge in [0.05, 0.1) is 5.69 Å². The molecule has 1 aromatic carbocycles. The van der Waals surface area contributed by atoms with Crippen LogP contribution in [-0.2, 0) is 11.3 Å². The number of likely N-dealkylation sites (N-methyl/N-ethyl adjacent to an activating group) is 1. The molecule has 1 fully saturated rings. The molecule has 0 spiro atoms. The van der Waals surface area contributed by atoms with E-state index in [4.69, 9.17) is 16.0 Å². The minimum atomic E-state index is 0.148. The van der Waals surface area contributed by atoms with Gasteiger partial charge in [-0.05, 0) is 38.5 Å². The first-order chi connectivity index (χ1) is 12.0. The lowest BCUT2D eigenvalue weighted by Crippen LogP contribution is -2.40. The first-order valence-electron chi connectivity index (χ1n) is 8.69. The lowest BCUT2D eigenvalue weighted by atomic mass is 10.2. The van der Waals surface area contributed by atoms with Crippen LogP contribution in [0.3, 0.4) is 0 Å². The number of carbonyl (C=O) groups is 1. The minimum absolute atomic E-state index is 0.148. The molecule has 134 valence electrons. The highest BCUT2D eigenvalue weighted by molar-refractivity contribution is 6.30. The van der Waals surface area contributed by atoms with Gasteiger partial charge in [0.2, 0.25) is 11.8 Å². The Morgan fingerprint density at radius 1 is 1.48 bits per heavy atom. The fourth-order valence-corrected chi connectivity index (χ4v) is 3.67. The maximum atomic E-state index is 11.7. The summed E-state index contributed by atoms with van der Waals surface area (Å²) < 4.78 is 5.84. The number of hydrogen-bond acceptors (Lipinski definition) is 4. The molecule has 2 heterocycles. The third-order valence-electron chi connectivity index (χ3n) is 4.77. The molecule has 1 amide bonds. The van der Waals surface area contributed by atoms with Crippen LogP contribution in [0.4, 0.5) is 0 Å². The summed E-state index contributed by atoms with van der Waals surface area (Å²) >= 11 is 6.05. The summed E-state index contributed by atoms with van der Waals surface area (Å²) in [5, 5.41) is 0.668. The normalized spacial score (nSPS) is 17.8. The van der Waals surface area contributed by atoms with Crippen molar-refractivity contribution in [3.63, 3.8) is 0 Å². The number of nitrogens with zero attached hydrogens (tertiary/aromatic N) is 3. The highest BCUT2D eigenvalue weighted by Crippen LogP contribution is 2.26. The van der Waals surface area contributed by atoms with Crippen molar-refractivity contribution in [1.29, 1.82) is 0 Å². The van der Waals surface area contributed by atoms with Crippen molar-refractivity contribution < 1.29 is 9.21 Å². The second-order valence-corrected chi connectivity index (χ2v) is 6.95. The third kappa shape index (κ3) is 4.05. The van der Waals surface area contributed by atoms with Gasteiger partial charge in [-0.25, -0.2) is 4.98 Å². The van der Waals surface area contributed by atoms with Crippen molar-refractivity contribution in [1.82, 2.24) is 14.8 Å². The Hall–Kier alpha value is -1.85. The summed E-state index contributed by atoms with van der Waals surface area (Å²) in [6, 6.07) is 7.82. The minimum Gasteiger partial charge on any atom is -0.441 e. The third-order valence-corrected chi connectivity index (χ3v) is 5.01. The van der Waals surface area contributed by atoms with Crippen LogP contribution in [0.5, 0.6) is 0 Å². The van der Waals surface area contributed by atoms with E-state index in [-0.39, 0.29) is 5.91 Å². The molecule has 0 aliphatic carbocycles. The van der Waals surface area contributed by atoms with Gasteiger partial charge in [-0.1, -0.05) is 17.7 Å². The Labute approximate surface area is 153 Å². The van der Waals surface area contributed by atoms with Crippen molar-refractivity contribution in [2.45, 2.75) is 39.8 Å². The second kappa shape index (κ2) is 7.58. The average molecular weight is 362 g/mol. The number of oxazole rings is 1. The smallest absolute Gasteiger partial charge is 0.226 e. The van der Waals surface area contributed by atoms with Gasteiger partial charge in [-0.3, -0.25) is 9.69 Å². The maximum Gasteiger partial charge on any atom is 0.226 e. The molecule has 0 radical (unpaired) electrons. The van der Waals surface area contributed by atoms with Gasteiger partial charge >= 0.3 is 0 Å². The van der Waals surface area contributed by atoms with Crippen LogP contribution in [0.2, 0.25) is 5.02 Å². The highest BCUT2D eigenvalue weighted by atomic mass is 35.5. The molecular formula is C19H24ClN3O2. The SMILES string of the molecule is CCN(C(C)=O)[C@H]1CCN(Cc2nc(-c3cccc(Cl)c3)oc2C)C1. The van der Waals surface area contributed by atoms with Gasteiger partial charge in [0.25, 0.3) is 0 Å². The average Bonchev–Trinajstić information content (AvgIpc) is 3.16. The van der Waals surface area contributed by atoms with Crippen molar-refractivity contribution in [3.05, 3.63) is 40.7 Å². The number of halogens is 1. The van der Waals surface area contributed by atoms with Crippen LogP contribution >= 0.6 is 11.6 Å². The Bertz CT molecular complexity index is 759. The van der Waals surface area contributed by atoms with E-state index >= 15 is 0 Å². The van der Waals surface area contributed by atoms with E-state index in [0.29, 0.717) is 17.0 Å². The van der Waals surface area contributed by atoms with E-state index < -0.39 is 0 Å². The summed E-state index contributed by atoms with van der Waals surface area (Å²) in [4.78, 5) is 20.7. The lowest BCUT2D eigenvalue weighted by molar-refractivity contribution is -0.130. The fourth-order valence-electron chi connectivity index (χ4n) is 3.48. The van der Waals surface area contributed by atoms with E-state index in [9.17, 15) is 4.79 Å². The van der Waals surface area contributed by atoms with E-state index in [1.165, 1.54) is 0 Å². The second-order valence-electron chi connectivity index (χ2n) is 6.51. The zero-order chi connectivity index (χ0) is 18.0. The van der Waals surface area contributed by atoms with Crippen molar-refractivity contribution in [2.24, 2.45) is 0 Å². The number of likely N-dealkylation sites (tertiary alicyclic amines) is 1. The van der Waals surface area contributed by atoms with Gasteiger partial charge in [0, 0.05) is 49.7 Å². The molecule has 1 saturated heterocycles. The Morgan fingerprint density at radius 2 is 2.28 bits per heavy atom. The van der Waals surface area contributed by atoms with Gasteiger partial charge in [-0.2, -0.15) is 0 Å². The van der Waals surface area contributed by atoms with Crippen LogP contribution < -0.4 is 0 Å². The molecular weight excluding hydrogens is 338 g/mol. The van der Waals surface area contributed by atoms with Crippen LogP contribution in [-0.4, -0.2) is 46.4 Å². The standard InChI is InChI=1S/C19H24ClN3O2/c1-4-23(14(3)24)17-8-9-22(11-17)12-18-13(2)25-19(21-18)15-6-5-7-16(20)10-15/h5-7,10,17H,4,8-9,11-12H2,1-3H3/t17-/m0/s1. The molecule has 0 bridgehead atoms. The zero-order valence-corrected chi connectivity index (χ0v) is 15.7. The van der Waals surface area contributed by atoms with Gasteiger partial charge < -0.3 is 9.32 Å². The van der Waals surface area contributed by atoms with Crippen LogP contribution in [0, 0.1) is 6.92 Å². The number of amides is 1. The zero-order valence-electron chi connectivity index (χ0n) is 15.0. The molecule has 25 heavy (non-hydrogen) atoms. The summed E-state index contributed by atoms with van der Waals surface area (Å²) in [6.07, 6.45) is 1.01. The lowest BCUT2D eigenvalue weighted by Gasteiger charge is -2.26. The number of carbonyl (C=O) groups excluding carboxylic acids is 1. The van der Waals surface area contributed by atoms with E-state index in [1.54, 1.807) is 6.92 Å². The molecule has 6 heteroatoms. The monoisotopic (exact) mass is 361 g/mol. The van der Waals surface area contributed by atoms with Crippen LogP contribution in [0.1, 0.15) is 31.7 Å². The number of rotatable bonds is 5. The Morgan fingerprint density at radius 3 is 2.96 bits per heavy atom.